The van der Waals surface area contributed by atoms with Crippen molar-refractivity contribution < 1.29 is 0 Å². The summed E-state index contributed by atoms with van der Waals surface area (Å²) in [4.78, 5) is 5.23. The second-order valence-corrected chi connectivity index (χ2v) is 12.0. The summed E-state index contributed by atoms with van der Waals surface area (Å²) in [6.07, 6.45) is 38.0. The molecular weight excluding hydrogens is 460 g/mol. The first-order valence-corrected chi connectivity index (χ1v) is 17.1. The lowest BCUT2D eigenvalue weighted by Crippen LogP contribution is -2.38. The molecule has 38 heavy (non-hydrogen) atoms. The average molecular weight is 525 g/mol. The summed E-state index contributed by atoms with van der Waals surface area (Å²) < 4.78 is 0. The summed E-state index contributed by atoms with van der Waals surface area (Å²) in [7, 11) is 0. The molecule has 1 heterocycles. The van der Waals surface area contributed by atoms with E-state index in [2.05, 4.69) is 66.4 Å². The zero-order valence-corrected chi connectivity index (χ0v) is 25.7. The van der Waals surface area contributed by atoms with Gasteiger partial charge in [-0.1, -0.05) is 173 Å². The van der Waals surface area contributed by atoms with Gasteiger partial charge in [0.25, 0.3) is 0 Å². The average Bonchev–Trinajstić information content (AvgIpc) is 3.31. The Labute approximate surface area is 238 Å². The molecular formula is C36H64N2. The van der Waals surface area contributed by atoms with Gasteiger partial charge in [0.2, 0.25) is 0 Å². The zero-order valence-electron chi connectivity index (χ0n) is 25.7. The van der Waals surface area contributed by atoms with Gasteiger partial charge < -0.3 is 9.80 Å². The molecule has 0 fully saturated rings. The molecule has 0 saturated carbocycles. The molecule has 1 aliphatic rings. The van der Waals surface area contributed by atoms with Crippen molar-refractivity contribution in [1.82, 2.24) is 9.80 Å². The van der Waals surface area contributed by atoms with E-state index in [1.54, 1.807) is 0 Å². The summed E-state index contributed by atoms with van der Waals surface area (Å²) in [5.74, 6) is 0. The Hall–Kier alpha value is -1.44. The highest BCUT2D eigenvalue weighted by Gasteiger charge is 2.25. The molecule has 0 spiro atoms. The van der Waals surface area contributed by atoms with E-state index in [9.17, 15) is 0 Å². The zero-order chi connectivity index (χ0) is 26.9. The van der Waals surface area contributed by atoms with Gasteiger partial charge in [0.15, 0.2) is 0 Å². The van der Waals surface area contributed by atoms with E-state index in [1.165, 1.54) is 160 Å². The van der Waals surface area contributed by atoms with Gasteiger partial charge in [-0.3, -0.25) is 0 Å². The number of rotatable bonds is 26. The molecule has 1 aliphatic heterocycles. The SMILES string of the molecule is CCCCCCCCCCCCCCCCCCCC1N(CCCCCCC)C=CN1Cc1ccccc1. The Morgan fingerprint density at radius 1 is 0.474 bits per heavy atom. The molecule has 0 aliphatic carbocycles. The molecule has 0 aromatic heterocycles. The fourth-order valence-corrected chi connectivity index (χ4v) is 6.02. The summed E-state index contributed by atoms with van der Waals surface area (Å²) in [6.45, 7) is 6.86. The maximum atomic E-state index is 2.64. The maximum absolute atomic E-state index is 2.64. The van der Waals surface area contributed by atoms with E-state index in [4.69, 9.17) is 0 Å². The van der Waals surface area contributed by atoms with Gasteiger partial charge in [-0.15, -0.1) is 0 Å². The second-order valence-electron chi connectivity index (χ2n) is 12.0. The highest BCUT2D eigenvalue weighted by atomic mass is 15.4. The second kappa shape index (κ2) is 23.4. The molecule has 0 N–H and O–H groups in total. The fourth-order valence-electron chi connectivity index (χ4n) is 6.02. The molecule has 1 aromatic rings. The van der Waals surface area contributed by atoms with Gasteiger partial charge in [-0.05, 0) is 24.8 Å². The van der Waals surface area contributed by atoms with E-state index < -0.39 is 0 Å². The number of hydrogen-bond acceptors (Lipinski definition) is 2. The lowest BCUT2D eigenvalue weighted by molar-refractivity contribution is 0.132. The molecule has 2 nitrogen and oxygen atoms in total. The Morgan fingerprint density at radius 2 is 0.895 bits per heavy atom. The summed E-state index contributed by atoms with van der Waals surface area (Å²) in [5.41, 5.74) is 1.43. The van der Waals surface area contributed by atoms with Gasteiger partial charge in [-0.25, -0.2) is 0 Å². The normalized spacial score (nSPS) is 15.2. The minimum Gasteiger partial charge on any atom is -0.356 e. The van der Waals surface area contributed by atoms with E-state index >= 15 is 0 Å². The topological polar surface area (TPSA) is 6.48 Å². The Morgan fingerprint density at radius 3 is 1.39 bits per heavy atom. The fraction of sp³-hybridized carbons (Fsp3) is 0.778. The van der Waals surface area contributed by atoms with E-state index in [0.717, 1.165) is 6.54 Å². The third kappa shape index (κ3) is 15.8. The van der Waals surface area contributed by atoms with Gasteiger partial charge in [-0.2, -0.15) is 0 Å². The van der Waals surface area contributed by atoms with Crippen LogP contribution in [0.5, 0.6) is 0 Å². The van der Waals surface area contributed by atoms with Crippen LogP contribution >= 0.6 is 0 Å². The molecule has 0 amide bonds. The summed E-state index contributed by atoms with van der Waals surface area (Å²) in [5, 5.41) is 0. The highest BCUT2D eigenvalue weighted by Crippen LogP contribution is 2.25. The van der Waals surface area contributed by atoms with Crippen molar-refractivity contribution in [1.29, 1.82) is 0 Å². The molecule has 0 radical (unpaired) electrons. The molecule has 0 saturated heterocycles. The minimum atomic E-state index is 0.553. The van der Waals surface area contributed by atoms with Crippen LogP contribution in [0.2, 0.25) is 0 Å². The van der Waals surface area contributed by atoms with Crippen LogP contribution < -0.4 is 0 Å². The van der Waals surface area contributed by atoms with Crippen molar-refractivity contribution in [3.8, 4) is 0 Å². The van der Waals surface area contributed by atoms with Gasteiger partial charge in [0.1, 0.15) is 6.17 Å². The molecule has 2 rings (SSSR count). The lowest BCUT2D eigenvalue weighted by atomic mass is 10.0. The number of nitrogens with zero attached hydrogens (tertiary/aromatic N) is 2. The van der Waals surface area contributed by atoms with Crippen LogP contribution in [0.3, 0.4) is 0 Å². The Bertz CT molecular complexity index is 655. The molecule has 1 aromatic carbocycles. The molecule has 218 valence electrons. The molecule has 0 bridgehead atoms. The van der Waals surface area contributed by atoms with Crippen molar-refractivity contribution in [2.24, 2.45) is 0 Å². The van der Waals surface area contributed by atoms with Crippen LogP contribution in [-0.2, 0) is 6.54 Å². The van der Waals surface area contributed by atoms with Crippen LogP contribution in [0.25, 0.3) is 0 Å². The Balaban J connectivity index is 1.51. The number of hydrogen-bond donors (Lipinski definition) is 0. The number of unbranched alkanes of at least 4 members (excludes halogenated alkanes) is 20. The Kier molecular flexibility index (Phi) is 20.2. The lowest BCUT2D eigenvalue weighted by Gasteiger charge is -2.33. The van der Waals surface area contributed by atoms with Crippen molar-refractivity contribution in [2.75, 3.05) is 6.54 Å². The maximum Gasteiger partial charge on any atom is 0.101 e. The first kappa shape index (κ1) is 32.8. The van der Waals surface area contributed by atoms with Crippen LogP contribution in [-0.4, -0.2) is 22.5 Å². The van der Waals surface area contributed by atoms with Crippen molar-refractivity contribution in [2.45, 2.75) is 174 Å². The molecule has 1 unspecified atom stereocenters. The minimum absolute atomic E-state index is 0.553. The first-order chi connectivity index (χ1) is 18.8. The van der Waals surface area contributed by atoms with Gasteiger partial charge in [0, 0.05) is 25.5 Å². The standard InChI is InChI=1S/C36H64N2/c1-3-5-7-9-10-11-12-13-14-15-16-17-18-19-20-21-26-30-36-37(31-27-22-8-6-4-2)32-33-38(36)34-35-28-24-23-25-29-35/h23-25,28-29,32-33,36H,3-22,26-27,30-31,34H2,1-2H3. The largest absolute Gasteiger partial charge is 0.356 e. The molecule has 2 heteroatoms. The van der Waals surface area contributed by atoms with Crippen LogP contribution in [0.1, 0.15) is 167 Å². The third-order valence-electron chi connectivity index (χ3n) is 8.51. The van der Waals surface area contributed by atoms with E-state index in [-0.39, 0.29) is 0 Å². The van der Waals surface area contributed by atoms with Crippen LogP contribution in [0, 0.1) is 0 Å². The van der Waals surface area contributed by atoms with Crippen LogP contribution in [0.15, 0.2) is 42.7 Å². The van der Waals surface area contributed by atoms with Gasteiger partial charge >= 0.3 is 0 Å². The third-order valence-corrected chi connectivity index (χ3v) is 8.51. The predicted octanol–water partition coefficient (Wildman–Crippen LogP) is 11.6. The first-order valence-electron chi connectivity index (χ1n) is 17.1. The van der Waals surface area contributed by atoms with Crippen LogP contribution in [0.4, 0.5) is 0 Å². The van der Waals surface area contributed by atoms with Crippen molar-refractivity contribution in [3.63, 3.8) is 0 Å². The van der Waals surface area contributed by atoms with E-state index in [1.807, 2.05) is 0 Å². The summed E-state index contributed by atoms with van der Waals surface area (Å²) >= 11 is 0. The smallest absolute Gasteiger partial charge is 0.101 e. The monoisotopic (exact) mass is 525 g/mol. The van der Waals surface area contributed by atoms with Crippen molar-refractivity contribution in [3.05, 3.63) is 48.3 Å². The summed E-state index contributed by atoms with van der Waals surface area (Å²) in [6, 6.07) is 11.0. The number of benzene rings is 1. The molecule has 1 atom stereocenters. The predicted molar refractivity (Wildman–Crippen MR) is 169 cm³/mol. The highest BCUT2D eigenvalue weighted by molar-refractivity contribution is 5.16. The van der Waals surface area contributed by atoms with E-state index in [0.29, 0.717) is 6.17 Å². The quantitative estimate of drug-likeness (QED) is 0.111. The van der Waals surface area contributed by atoms with Crippen molar-refractivity contribution >= 4 is 0 Å². The van der Waals surface area contributed by atoms with Gasteiger partial charge in [0.05, 0.1) is 0 Å².